The van der Waals surface area contributed by atoms with Crippen molar-refractivity contribution >= 4 is 43.6 Å². The van der Waals surface area contributed by atoms with E-state index >= 15 is 0 Å². The van der Waals surface area contributed by atoms with Crippen LogP contribution in [0.1, 0.15) is 11.0 Å². The first-order valence-corrected chi connectivity index (χ1v) is 14.5. The van der Waals surface area contributed by atoms with E-state index in [4.69, 9.17) is 11.0 Å². The zero-order valence-electron chi connectivity index (χ0n) is 31.4. The van der Waals surface area contributed by atoms with Gasteiger partial charge in [0.2, 0.25) is 0 Å². The van der Waals surface area contributed by atoms with E-state index in [1.54, 1.807) is 4.57 Å². The second kappa shape index (κ2) is 9.86. The maximum Gasteiger partial charge on any atom is 0.0645 e. The van der Waals surface area contributed by atoms with E-state index in [2.05, 4.69) is 59.2 Å². The number of rotatable bonds is 4. The number of aromatic nitrogens is 2. The summed E-state index contributed by atoms with van der Waals surface area (Å²) < 4.78 is 73.4. The minimum Gasteiger partial charge on any atom is -0.309 e. The van der Waals surface area contributed by atoms with Gasteiger partial charge in [-0.15, -0.1) is 0 Å². The Hall–Kier alpha value is -5.86. The molecule has 0 aliphatic heterocycles. The largest absolute Gasteiger partial charge is 0.309 e. The first-order valence-electron chi connectivity index (χ1n) is 18.5. The van der Waals surface area contributed by atoms with Gasteiger partial charge in [-0.25, -0.2) is 0 Å². The monoisotopic (exact) mass is 568 g/mol. The van der Waals surface area contributed by atoms with E-state index in [0.29, 0.717) is 5.69 Å². The highest BCUT2D eigenvalue weighted by Gasteiger charge is 2.20. The Kier molecular flexibility index (Phi) is 4.02. The Morgan fingerprint density at radius 1 is 0.386 bits per heavy atom. The fourth-order valence-electron chi connectivity index (χ4n) is 6.51. The fourth-order valence-corrected chi connectivity index (χ4v) is 6.51. The number of hydrogen-bond donors (Lipinski definition) is 0. The highest BCUT2D eigenvalue weighted by Crippen LogP contribution is 2.42. The number of fused-ring (bicyclic) bond motifs is 6. The molecule has 0 spiro atoms. The second-order valence-electron chi connectivity index (χ2n) is 10.8. The highest BCUT2D eigenvalue weighted by atomic mass is 15.0. The first-order chi connectivity index (χ1) is 25.2. The summed E-state index contributed by atoms with van der Waals surface area (Å²) in [5.41, 5.74) is 7.76. The van der Waals surface area contributed by atoms with Crippen LogP contribution in [0.15, 0.2) is 170 Å². The van der Waals surface area contributed by atoms with Crippen LogP contribution >= 0.6 is 0 Å². The molecule has 9 aromatic rings. The van der Waals surface area contributed by atoms with Gasteiger partial charge >= 0.3 is 0 Å². The van der Waals surface area contributed by atoms with Gasteiger partial charge in [0.15, 0.2) is 0 Å². The third-order valence-electron chi connectivity index (χ3n) is 8.38. The van der Waals surface area contributed by atoms with Crippen molar-refractivity contribution in [1.29, 1.82) is 0 Å². The molecule has 0 aliphatic rings. The van der Waals surface area contributed by atoms with Gasteiger partial charge in [0, 0.05) is 38.4 Å². The molecule has 9 rings (SSSR count). The van der Waals surface area contributed by atoms with Crippen molar-refractivity contribution in [3.63, 3.8) is 0 Å². The van der Waals surface area contributed by atoms with Crippen molar-refractivity contribution in [2.75, 3.05) is 0 Å². The molecule has 0 saturated carbocycles. The van der Waals surface area contributed by atoms with Crippen LogP contribution in [0.3, 0.4) is 0 Å². The van der Waals surface area contributed by atoms with E-state index < -0.39 is 24.2 Å². The van der Waals surface area contributed by atoms with Crippen molar-refractivity contribution in [2.45, 2.75) is 0 Å². The summed E-state index contributed by atoms with van der Waals surface area (Å²) in [5, 5.41) is 1.93. The summed E-state index contributed by atoms with van der Waals surface area (Å²) >= 11 is 0. The van der Waals surface area contributed by atoms with E-state index in [0.717, 1.165) is 49.7 Å². The zero-order valence-corrected chi connectivity index (χ0v) is 23.4. The van der Waals surface area contributed by atoms with Crippen LogP contribution in [0, 0.1) is 0 Å². The quantitative estimate of drug-likeness (QED) is 0.200. The van der Waals surface area contributed by atoms with Crippen molar-refractivity contribution in [2.24, 2.45) is 0 Å². The molecular formula is C42H28N2. The maximum atomic E-state index is 8.99. The summed E-state index contributed by atoms with van der Waals surface area (Å²) in [4.78, 5) is 0. The van der Waals surface area contributed by atoms with Crippen LogP contribution in [0.2, 0.25) is 0 Å². The highest BCUT2D eigenvalue weighted by molar-refractivity contribution is 6.13. The summed E-state index contributed by atoms with van der Waals surface area (Å²) in [7, 11) is 0. The maximum absolute atomic E-state index is 8.99. The van der Waals surface area contributed by atoms with Crippen LogP contribution in [-0.4, -0.2) is 9.13 Å². The number of para-hydroxylation sites is 4. The van der Waals surface area contributed by atoms with Crippen molar-refractivity contribution in [1.82, 2.24) is 9.13 Å². The minimum absolute atomic E-state index is 0.0554. The Balaban J connectivity index is 1.43. The first kappa shape index (κ1) is 17.9. The topological polar surface area (TPSA) is 9.86 Å². The molecule has 206 valence electrons. The zero-order chi connectivity index (χ0) is 36.0. The predicted octanol–water partition coefficient (Wildman–Crippen LogP) is 11.2. The molecule has 0 fully saturated rings. The molecule has 2 heterocycles. The van der Waals surface area contributed by atoms with Gasteiger partial charge in [-0.05, 0) is 47.5 Å². The fraction of sp³-hybridized carbons (Fsp3) is 0. The van der Waals surface area contributed by atoms with Crippen molar-refractivity contribution < 1.29 is 11.0 Å². The number of benzene rings is 7. The van der Waals surface area contributed by atoms with Crippen LogP contribution in [0.25, 0.3) is 77.2 Å². The van der Waals surface area contributed by atoms with E-state index in [9.17, 15) is 0 Å². The lowest BCUT2D eigenvalue weighted by Crippen LogP contribution is -2.01. The number of nitrogens with zero attached hydrogens (tertiary/aromatic N) is 2. The summed E-state index contributed by atoms with van der Waals surface area (Å²) in [6.45, 7) is 0. The van der Waals surface area contributed by atoms with Gasteiger partial charge in [0.05, 0.1) is 38.7 Å². The third-order valence-corrected chi connectivity index (χ3v) is 8.38. The molecule has 7 aromatic carbocycles. The minimum atomic E-state index is -0.464. The summed E-state index contributed by atoms with van der Waals surface area (Å²) in [6.07, 6.45) is 0. The standard InChI is InChI=1S/C42H28N2/c1-3-14-29(15-4-1)32-21-13-22-33(30-16-5-2-6-17-30)42(32)44-40-25-12-9-20-36(40)37-28-31(26-27-41(37)44)43-38-23-10-7-18-34(38)35-19-8-11-24-39(35)43/h1-28H/i7D,8D,10D,11D,18D,19D,23D,24D. The van der Waals surface area contributed by atoms with Crippen LogP contribution in [0.4, 0.5) is 0 Å². The lowest BCUT2D eigenvalue weighted by Gasteiger charge is -2.19. The van der Waals surface area contributed by atoms with Gasteiger partial charge in [-0.3, -0.25) is 0 Å². The van der Waals surface area contributed by atoms with Gasteiger partial charge in [-0.1, -0.05) is 133 Å². The van der Waals surface area contributed by atoms with Crippen molar-refractivity contribution in [3.05, 3.63) is 170 Å². The molecule has 0 unspecified atom stereocenters. The average Bonchev–Trinajstić information content (AvgIpc) is 3.72. The van der Waals surface area contributed by atoms with Gasteiger partial charge in [0.25, 0.3) is 0 Å². The molecular weight excluding hydrogens is 532 g/mol. The lowest BCUT2D eigenvalue weighted by molar-refractivity contribution is 1.17. The SMILES string of the molecule is [2H]c1c([2H])c([2H])c2c(c1[2H])c1c([2H])c([2H])c([2H])c([2H])c1n2-c1ccc2c(c1)c1ccccc1n2-c1c(-c2ccccc2)cccc1-c1ccccc1. The molecule has 0 N–H and O–H groups in total. The predicted molar refractivity (Wildman–Crippen MR) is 186 cm³/mol. The van der Waals surface area contributed by atoms with Gasteiger partial charge in [0.1, 0.15) is 0 Å². The van der Waals surface area contributed by atoms with Crippen LogP contribution in [-0.2, 0) is 0 Å². The Labute approximate surface area is 266 Å². The van der Waals surface area contributed by atoms with E-state index in [1.807, 2.05) is 66.7 Å². The normalized spacial score (nSPS) is 14.2. The molecule has 2 aromatic heterocycles. The molecule has 2 heteroatoms. The molecule has 2 nitrogen and oxygen atoms in total. The van der Waals surface area contributed by atoms with Gasteiger partial charge in [-0.2, -0.15) is 0 Å². The van der Waals surface area contributed by atoms with Gasteiger partial charge < -0.3 is 9.13 Å². The second-order valence-corrected chi connectivity index (χ2v) is 10.8. The Morgan fingerprint density at radius 3 is 1.57 bits per heavy atom. The molecule has 0 aliphatic carbocycles. The van der Waals surface area contributed by atoms with E-state index in [-0.39, 0.29) is 46.0 Å². The molecule has 0 atom stereocenters. The smallest absolute Gasteiger partial charge is 0.0645 e. The Morgan fingerprint density at radius 2 is 0.932 bits per heavy atom. The lowest BCUT2D eigenvalue weighted by atomic mass is 9.95. The molecule has 0 bridgehead atoms. The number of hydrogen-bond acceptors (Lipinski definition) is 0. The summed E-state index contributed by atoms with van der Waals surface area (Å²) in [5.74, 6) is 0. The molecule has 0 radical (unpaired) electrons. The Bertz CT molecular complexity index is 2800. The molecule has 0 saturated heterocycles. The summed E-state index contributed by atoms with van der Waals surface area (Å²) in [6, 6.07) is 37.6. The van der Waals surface area contributed by atoms with Crippen LogP contribution < -0.4 is 0 Å². The molecule has 0 amide bonds. The average molecular weight is 569 g/mol. The van der Waals surface area contributed by atoms with Crippen molar-refractivity contribution in [3.8, 4) is 33.6 Å². The third kappa shape index (κ3) is 3.68. The van der Waals surface area contributed by atoms with Crippen LogP contribution in [0.5, 0.6) is 0 Å². The molecule has 44 heavy (non-hydrogen) atoms. The van der Waals surface area contributed by atoms with E-state index in [1.165, 1.54) is 0 Å².